The number of nitrogens with one attached hydrogen (secondary N) is 2. The molecule has 2 saturated heterocycles. The third-order valence-corrected chi connectivity index (χ3v) is 8.19. The smallest absolute Gasteiger partial charge is 0.408 e. The van der Waals surface area contributed by atoms with Crippen LogP contribution in [0.2, 0.25) is 0 Å². The van der Waals surface area contributed by atoms with Crippen molar-refractivity contribution < 1.29 is 33.8 Å². The molecule has 2 aromatic carbocycles. The summed E-state index contributed by atoms with van der Waals surface area (Å²) in [7, 11) is 0. The molecule has 0 aliphatic carbocycles. The van der Waals surface area contributed by atoms with Gasteiger partial charge in [-0.15, -0.1) is 0 Å². The molecule has 2 aliphatic rings. The molecule has 10 heteroatoms. The minimum absolute atomic E-state index is 0.0272. The molecular weight excluding hydrogens is 550 g/mol. The Morgan fingerprint density at radius 1 is 1.00 bits per heavy atom. The van der Waals surface area contributed by atoms with Gasteiger partial charge >= 0.3 is 12.1 Å². The standard InChI is InChI=1S/C33H43N3O7/c1-31(2,3)43-30(41)35-26(28(38)34-20-32(4,5)24-10-8-23(9-11-24)29(39)40)18-22-6-12-25(13-7-22)36-21-33(19-27(36)37)14-16-42-17-15-33/h6-13,26H,14-21H2,1-5H3,(H,34,38)(H,35,41)(H,39,40)/t26-/m0/s1. The topological polar surface area (TPSA) is 134 Å². The van der Waals surface area contributed by atoms with E-state index in [2.05, 4.69) is 10.6 Å². The number of nitrogens with zero attached hydrogens (tertiary/aromatic N) is 1. The lowest BCUT2D eigenvalue weighted by atomic mass is 9.79. The molecule has 2 aromatic rings. The molecular formula is C33H43N3O7. The Balaban J connectivity index is 1.44. The van der Waals surface area contributed by atoms with Gasteiger partial charge in [-0.1, -0.05) is 38.1 Å². The van der Waals surface area contributed by atoms with Gasteiger partial charge in [0.1, 0.15) is 11.6 Å². The van der Waals surface area contributed by atoms with Crippen LogP contribution in [-0.4, -0.2) is 66.9 Å². The second-order valence-electron chi connectivity index (χ2n) is 13.3. The van der Waals surface area contributed by atoms with E-state index in [1.807, 2.05) is 43.0 Å². The number of carboxylic acids is 1. The maximum absolute atomic E-state index is 13.4. The maximum Gasteiger partial charge on any atom is 0.408 e. The van der Waals surface area contributed by atoms with Crippen molar-refractivity contribution >= 4 is 29.6 Å². The molecule has 3 amide bonds. The second-order valence-corrected chi connectivity index (χ2v) is 13.3. The predicted octanol–water partition coefficient (Wildman–Crippen LogP) is 4.45. The van der Waals surface area contributed by atoms with Crippen molar-refractivity contribution in [3.63, 3.8) is 0 Å². The average molecular weight is 594 g/mol. The number of carbonyl (C=O) groups is 4. The number of hydrogen-bond donors (Lipinski definition) is 3. The van der Waals surface area contributed by atoms with Gasteiger partial charge in [-0.2, -0.15) is 0 Å². The normalized spacial score (nSPS) is 17.4. The third kappa shape index (κ3) is 8.34. The highest BCUT2D eigenvalue weighted by Crippen LogP contribution is 2.42. The first kappa shape index (κ1) is 32.0. The van der Waals surface area contributed by atoms with E-state index in [1.165, 1.54) is 12.1 Å². The lowest BCUT2D eigenvalue weighted by molar-refractivity contribution is -0.123. The van der Waals surface area contributed by atoms with Crippen LogP contribution in [0.15, 0.2) is 48.5 Å². The number of hydrogen-bond acceptors (Lipinski definition) is 6. The quantitative estimate of drug-likeness (QED) is 0.391. The van der Waals surface area contributed by atoms with Crippen LogP contribution in [0.1, 0.15) is 75.4 Å². The zero-order valence-electron chi connectivity index (χ0n) is 25.7. The number of alkyl carbamates (subject to hydrolysis) is 1. The fraction of sp³-hybridized carbons (Fsp3) is 0.515. The molecule has 2 heterocycles. The van der Waals surface area contributed by atoms with E-state index in [0.29, 0.717) is 26.2 Å². The fourth-order valence-corrected chi connectivity index (χ4v) is 5.57. The van der Waals surface area contributed by atoms with Crippen LogP contribution in [0.3, 0.4) is 0 Å². The van der Waals surface area contributed by atoms with E-state index in [0.717, 1.165) is 29.7 Å². The molecule has 0 bridgehead atoms. The largest absolute Gasteiger partial charge is 0.478 e. The molecule has 232 valence electrons. The van der Waals surface area contributed by atoms with Gasteiger partial charge in [0.05, 0.1) is 5.56 Å². The summed E-state index contributed by atoms with van der Waals surface area (Å²) in [4.78, 5) is 52.0. The molecule has 0 saturated carbocycles. The van der Waals surface area contributed by atoms with Crippen molar-refractivity contribution in [3.05, 3.63) is 65.2 Å². The SMILES string of the molecule is CC(C)(C)OC(=O)N[C@@H](Cc1ccc(N2CC3(CCOCC3)CC2=O)cc1)C(=O)NCC(C)(C)c1ccc(C(=O)O)cc1. The van der Waals surface area contributed by atoms with Crippen molar-refractivity contribution in [2.75, 3.05) is 31.2 Å². The van der Waals surface area contributed by atoms with Crippen LogP contribution in [-0.2, 0) is 30.9 Å². The number of carboxylic acid groups (broad SMARTS) is 1. The molecule has 3 N–H and O–H groups in total. The first-order valence-electron chi connectivity index (χ1n) is 14.7. The van der Waals surface area contributed by atoms with E-state index in [1.54, 1.807) is 32.9 Å². The minimum atomic E-state index is -1.00. The van der Waals surface area contributed by atoms with Crippen LogP contribution in [0.25, 0.3) is 0 Å². The fourth-order valence-electron chi connectivity index (χ4n) is 5.57. The molecule has 2 aliphatic heterocycles. The molecule has 10 nitrogen and oxygen atoms in total. The number of rotatable bonds is 9. The highest BCUT2D eigenvalue weighted by molar-refractivity contribution is 5.96. The van der Waals surface area contributed by atoms with Gasteiger partial charge in [-0.3, -0.25) is 9.59 Å². The molecule has 43 heavy (non-hydrogen) atoms. The average Bonchev–Trinajstić information content (AvgIpc) is 3.25. The van der Waals surface area contributed by atoms with Crippen LogP contribution < -0.4 is 15.5 Å². The van der Waals surface area contributed by atoms with Crippen molar-refractivity contribution in [3.8, 4) is 0 Å². The Hall–Kier alpha value is -3.92. The summed E-state index contributed by atoms with van der Waals surface area (Å²) in [6.07, 6.45) is 1.81. The molecule has 4 rings (SSSR count). The van der Waals surface area contributed by atoms with Crippen molar-refractivity contribution in [2.45, 2.75) is 77.4 Å². The third-order valence-electron chi connectivity index (χ3n) is 8.19. The Morgan fingerprint density at radius 3 is 2.21 bits per heavy atom. The lowest BCUT2D eigenvalue weighted by Gasteiger charge is -2.32. The summed E-state index contributed by atoms with van der Waals surface area (Å²) >= 11 is 0. The van der Waals surface area contributed by atoms with Gasteiger partial charge in [0.25, 0.3) is 0 Å². The molecule has 0 unspecified atom stereocenters. The zero-order chi connectivity index (χ0) is 31.4. The molecule has 0 radical (unpaired) electrons. The zero-order valence-corrected chi connectivity index (χ0v) is 25.7. The second kappa shape index (κ2) is 12.8. The minimum Gasteiger partial charge on any atom is -0.478 e. The van der Waals surface area contributed by atoms with Gasteiger partial charge in [-0.25, -0.2) is 9.59 Å². The van der Waals surface area contributed by atoms with E-state index in [-0.39, 0.29) is 35.8 Å². The van der Waals surface area contributed by atoms with Crippen LogP contribution >= 0.6 is 0 Å². The van der Waals surface area contributed by atoms with Gasteiger partial charge in [0.15, 0.2) is 0 Å². The first-order valence-corrected chi connectivity index (χ1v) is 14.7. The van der Waals surface area contributed by atoms with Crippen molar-refractivity contribution in [1.82, 2.24) is 10.6 Å². The maximum atomic E-state index is 13.4. The van der Waals surface area contributed by atoms with Gasteiger partial charge < -0.3 is 30.1 Å². The monoisotopic (exact) mass is 593 g/mol. The van der Waals surface area contributed by atoms with Gasteiger partial charge in [-0.05, 0) is 69.0 Å². The van der Waals surface area contributed by atoms with Crippen LogP contribution in [0, 0.1) is 5.41 Å². The number of anilines is 1. The summed E-state index contributed by atoms with van der Waals surface area (Å²) < 4.78 is 10.9. The number of carbonyl (C=O) groups excluding carboxylic acids is 3. The Morgan fingerprint density at radius 2 is 1.63 bits per heavy atom. The van der Waals surface area contributed by atoms with Crippen LogP contribution in [0.5, 0.6) is 0 Å². The lowest BCUT2D eigenvalue weighted by Crippen LogP contribution is -2.51. The summed E-state index contributed by atoms with van der Waals surface area (Å²) in [5.74, 6) is -1.27. The number of ether oxygens (including phenoxy) is 2. The molecule has 2 fully saturated rings. The number of amides is 3. The Kier molecular flexibility index (Phi) is 9.49. The van der Waals surface area contributed by atoms with Crippen molar-refractivity contribution in [2.24, 2.45) is 5.41 Å². The molecule has 1 spiro atoms. The number of aromatic carboxylic acids is 1. The summed E-state index contributed by atoms with van der Waals surface area (Å²) in [5.41, 5.74) is 1.42. The highest BCUT2D eigenvalue weighted by Gasteiger charge is 2.44. The Labute approximate surface area is 253 Å². The van der Waals surface area contributed by atoms with Crippen LogP contribution in [0.4, 0.5) is 10.5 Å². The summed E-state index contributed by atoms with van der Waals surface area (Å²) in [6, 6.07) is 13.2. The van der Waals surface area contributed by atoms with E-state index < -0.39 is 29.1 Å². The van der Waals surface area contributed by atoms with E-state index in [9.17, 15) is 24.3 Å². The predicted molar refractivity (Wildman–Crippen MR) is 162 cm³/mol. The van der Waals surface area contributed by atoms with Gasteiger partial charge in [0, 0.05) is 55.7 Å². The van der Waals surface area contributed by atoms with Gasteiger partial charge in [0.2, 0.25) is 11.8 Å². The molecule has 1 atom stereocenters. The first-order chi connectivity index (χ1) is 20.2. The number of benzene rings is 2. The molecule has 0 aromatic heterocycles. The highest BCUT2D eigenvalue weighted by atomic mass is 16.6. The van der Waals surface area contributed by atoms with E-state index >= 15 is 0 Å². The summed E-state index contributed by atoms with van der Waals surface area (Å²) in [5, 5.41) is 14.9. The Bertz CT molecular complexity index is 1320. The van der Waals surface area contributed by atoms with E-state index in [4.69, 9.17) is 9.47 Å². The summed E-state index contributed by atoms with van der Waals surface area (Å²) in [6.45, 7) is 11.4. The van der Waals surface area contributed by atoms with Crippen molar-refractivity contribution in [1.29, 1.82) is 0 Å².